The van der Waals surface area contributed by atoms with Crippen LogP contribution in [0.4, 0.5) is 0 Å². The molecule has 0 amide bonds. The highest BCUT2D eigenvalue weighted by Gasteiger charge is 2.35. The van der Waals surface area contributed by atoms with Gasteiger partial charge in [-0.3, -0.25) is 0 Å². The molecule has 1 unspecified atom stereocenters. The Labute approximate surface area is 119 Å². The Balaban J connectivity index is 2.48. The number of nitrogens with zero attached hydrogens (tertiary/aromatic N) is 1. The van der Waals surface area contributed by atoms with E-state index in [1.165, 1.54) is 11.4 Å². The molecule has 0 saturated carbocycles. The van der Waals surface area contributed by atoms with E-state index in [1.54, 1.807) is 18.2 Å². The van der Waals surface area contributed by atoms with E-state index in [2.05, 4.69) is 0 Å². The molecule has 2 rings (SSSR count). The predicted octanol–water partition coefficient (Wildman–Crippen LogP) is 1.75. The maximum Gasteiger partial charge on any atom is 0.247 e. The van der Waals surface area contributed by atoms with Gasteiger partial charge in [-0.15, -0.1) is 0 Å². The Kier molecular flexibility index (Phi) is 4.45. The summed E-state index contributed by atoms with van der Waals surface area (Å²) in [5.41, 5.74) is 0.837. The number of aryl methyl sites for hydroxylation is 1. The number of rotatable bonds is 4. The van der Waals surface area contributed by atoms with Gasteiger partial charge in [0.1, 0.15) is 16.9 Å². The smallest absolute Gasteiger partial charge is 0.247 e. The Morgan fingerprint density at radius 2 is 2.10 bits per heavy atom. The zero-order valence-corrected chi connectivity index (χ0v) is 12.5. The number of hydrogen-bond acceptors (Lipinski definition) is 4. The van der Waals surface area contributed by atoms with Crippen molar-refractivity contribution in [1.29, 1.82) is 0 Å². The van der Waals surface area contributed by atoms with Crippen molar-refractivity contribution < 1.29 is 17.9 Å². The van der Waals surface area contributed by atoms with E-state index in [9.17, 15) is 13.2 Å². The molecule has 0 spiro atoms. The minimum Gasteiger partial charge on any atom is -0.495 e. The van der Waals surface area contributed by atoms with Gasteiger partial charge in [0, 0.05) is 6.54 Å². The lowest BCUT2D eigenvalue weighted by atomic mass is 10.1. The van der Waals surface area contributed by atoms with E-state index in [4.69, 9.17) is 4.74 Å². The molecule has 1 aliphatic rings. The first-order chi connectivity index (χ1) is 9.50. The Morgan fingerprint density at radius 3 is 2.75 bits per heavy atom. The minimum atomic E-state index is -3.71. The minimum absolute atomic E-state index is 0.133. The molecule has 6 heteroatoms. The third-order valence-electron chi connectivity index (χ3n) is 3.56. The summed E-state index contributed by atoms with van der Waals surface area (Å²) in [6, 6.07) is 4.46. The van der Waals surface area contributed by atoms with Crippen molar-refractivity contribution in [2.75, 3.05) is 13.7 Å². The number of hydrogen-bond donors (Lipinski definition) is 0. The summed E-state index contributed by atoms with van der Waals surface area (Å²) in [5.74, 6) is 0.311. The highest BCUT2D eigenvalue weighted by atomic mass is 32.2. The van der Waals surface area contributed by atoms with Crippen LogP contribution in [0.3, 0.4) is 0 Å². The van der Waals surface area contributed by atoms with Gasteiger partial charge in [0.2, 0.25) is 10.0 Å². The van der Waals surface area contributed by atoms with Crippen LogP contribution in [0, 0.1) is 6.92 Å². The van der Waals surface area contributed by atoms with Crippen LogP contribution in [0.1, 0.15) is 24.8 Å². The average Bonchev–Trinajstić information content (AvgIpc) is 2.47. The first kappa shape index (κ1) is 15.0. The van der Waals surface area contributed by atoms with E-state index in [-0.39, 0.29) is 4.90 Å². The van der Waals surface area contributed by atoms with Crippen LogP contribution in [-0.4, -0.2) is 38.7 Å². The van der Waals surface area contributed by atoms with Gasteiger partial charge in [-0.2, -0.15) is 4.31 Å². The molecule has 0 aliphatic carbocycles. The molecular weight excluding hydrogens is 278 g/mol. The number of ether oxygens (including phenoxy) is 1. The molecule has 0 radical (unpaired) electrons. The third kappa shape index (κ3) is 2.71. The second-order valence-corrected chi connectivity index (χ2v) is 6.83. The van der Waals surface area contributed by atoms with Crippen LogP contribution in [0.15, 0.2) is 23.1 Å². The molecule has 1 aliphatic heterocycles. The van der Waals surface area contributed by atoms with Gasteiger partial charge >= 0.3 is 0 Å². The molecular formula is C14H19NO4S. The number of benzene rings is 1. The quantitative estimate of drug-likeness (QED) is 0.794. The summed E-state index contributed by atoms with van der Waals surface area (Å²) in [6.45, 7) is 2.20. The lowest BCUT2D eigenvalue weighted by Gasteiger charge is -2.31. The maximum atomic E-state index is 12.8. The lowest BCUT2D eigenvalue weighted by molar-refractivity contribution is -0.111. The number of aldehydes is 1. The van der Waals surface area contributed by atoms with Crippen LogP contribution in [0.25, 0.3) is 0 Å². The summed E-state index contributed by atoms with van der Waals surface area (Å²) in [6.07, 6.45) is 2.95. The molecule has 1 saturated heterocycles. The van der Waals surface area contributed by atoms with Crippen LogP contribution < -0.4 is 4.74 Å². The van der Waals surface area contributed by atoms with Crippen LogP contribution in [-0.2, 0) is 14.8 Å². The van der Waals surface area contributed by atoms with Gasteiger partial charge in [-0.25, -0.2) is 8.42 Å². The third-order valence-corrected chi connectivity index (χ3v) is 5.51. The van der Waals surface area contributed by atoms with Crippen molar-refractivity contribution >= 4 is 16.3 Å². The second-order valence-electron chi connectivity index (χ2n) is 4.97. The molecule has 0 aromatic heterocycles. The van der Waals surface area contributed by atoms with Crippen molar-refractivity contribution in [2.24, 2.45) is 0 Å². The number of carbonyl (C=O) groups excluding carboxylic acids is 1. The lowest BCUT2D eigenvalue weighted by Crippen LogP contribution is -2.44. The van der Waals surface area contributed by atoms with Crippen molar-refractivity contribution in [3.05, 3.63) is 23.8 Å². The molecule has 1 heterocycles. The summed E-state index contributed by atoms with van der Waals surface area (Å²) in [7, 11) is -2.27. The van der Waals surface area contributed by atoms with Gasteiger partial charge in [0.15, 0.2) is 0 Å². The molecule has 110 valence electrons. The van der Waals surface area contributed by atoms with Gasteiger partial charge in [-0.05, 0) is 37.5 Å². The standard InChI is InChI=1S/C14H19NO4S/c1-11-6-7-13(19-2)14(9-11)20(17,18)15-8-4-3-5-12(15)10-16/h6-7,9-10,12H,3-5,8H2,1-2H3. The summed E-state index contributed by atoms with van der Waals surface area (Å²) in [4.78, 5) is 11.3. The van der Waals surface area contributed by atoms with Crippen LogP contribution >= 0.6 is 0 Å². The molecule has 1 aromatic carbocycles. The first-order valence-corrected chi connectivity index (χ1v) is 8.06. The SMILES string of the molecule is COc1ccc(C)cc1S(=O)(=O)N1CCCCC1C=O. The van der Waals surface area contributed by atoms with Crippen LogP contribution in [0.5, 0.6) is 5.75 Å². The molecule has 0 bridgehead atoms. The maximum absolute atomic E-state index is 12.8. The van der Waals surface area contributed by atoms with Gasteiger partial charge in [0.25, 0.3) is 0 Å². The molecule has 0 N–H and O–H groups in total. The highest BCUT2D eigenvalue weighted by molar-refractivity contribution is 7.89. The fourth-order valence-electron chi connectivity index (χ4n) is 2.48. The Bertz CT molecular complexity index is 597. The molecule has 5 nitrogen and oxygen atoms in total. The number of methoxy groups -OCH3 is 1. The molecule has 20 heavy (non-hydrogen) atoms. The van der Waals surface area contributed by atoms with Crippen molar-refractivity contribution in [2.45, 2.75) is 37.1 Å². The van der Waals surface area contributed by atoms with E-state index >= 15 is 0 Å². The highest BCUT2D eigenvalue weighted by Crippen LogP contribution is 2.31. The summed E-state index contributed by atoms with van der Waals surface area (Å²) >= 11 is 0. The second kappa shape index (κ2) is 5.93. The van der Waals surface area contributed by atoms with Crippen molar-refractivity contribution in [3.8, 4) is 5.75 Å². The Morgan fingerprint density at radius 1 is 1.35 bits per heavy atom. The van der Waals surface area contributed by atoms with Crippen molar-refractivity contribution in [1.82, 2.24) is 4.31 Å². The fraction of sp³-hybridized carbons (Fsp3) is 0.500. The summed E-state index contributed by atoms with van der Waals surface area (Å²) in [5, 5.41) is 0. The predicted molar refractivity (Wildman–Crippen MR) is 75.3 cm³/mol. The normalized spacial score (nSPS) is 20.6. The number of carbonyl (C=O) groups is 1. The molecule has 1 fully saturated rings. The van der Waals surface area contributed by atoms with E-state index in [0.717, 1.165) is 24.7 Å². The monoisotopic (exact) mass is 297 g/mol. The van der Waals surface area contributed by atoms with Gasteiger partial charge < -0.3 is 9.53 Å². The van der Waals surface area contributed by atoms with E-state index < -0.39 is 16.1 Å². The fourth-order valence-corrected chi connectivity index (χ4v) is 4.35. The van der Waals surface area contributed by atoms with Crippen LogP contribution in [0.2, 0.25) is 0 Å². The molecule has 1 atom stereocenters. The topological polar surface area (TPSA) is 63.7 Å². The summed E-state index contributed by atoms with van der Waals surface area (Å²) < 4.78 is 32.0. The zero-order valence-electron chi connectivity index (χ0n) is 11.7. The number of piperidine rings is 1. The number of sulfonamides is 1. The van der Waals surface area contributed by atoms with E-state index in [1.807, 2.05) is 6.92 Å². The zero-order chi connectivity index (χ0) is 14.8. The van der Waals surface area contributed by atoms with Gasteiger partial charge in [-0.1, -0.05) is 12.5 Å². The molecule has 1 aromatic rings. The average molecular weight is 297 g/mol. The van der Waals surface area contributed by atoms with Crippen molar-refractivity contribution in [3.63, 3.8) is 0 Å². The largest absolute Gasteiger partial charge is 0.495 e. The van der Waals surface area contributed by atoms with E-state index in [0.29, 0.717) is 18.7 Å². The Hall–Kier alpha value is -1.40. The first-order valence-electron chi connectivity index (χ1n) is 6.62. The van der Waals surface area contributed by atoms with Gasteiger partial charge in [0.05, 0.1) is 13.2 Å².